The Hall–Kier alpha value is -0.150. The maximum absolute atomic E-state index is 11.3. The van der Waals surface area contributed by atoms with E-state index in [9.17, 15) is 4.79 Å². The number of halogens is 1. The highest BCUT2D eigenvalue weighted by molar-refractivity contribution is 9.11. The van der Waals surface area contributed by atoms with Gasteiger partial charge in [0.2, 0.25) is 0 Å². The Balaban J connectivity index is 2.52. The highest BCUT2D eigenvalue weighted by atomic mass is 79.9. The molecule has 0 amide bonds. The third-order valence-corrected chi connectivity index (χ3v) is 3.60. The number of fused-ring (bicyclic) bond motifs is 1. The summed E-state index contributed by atoms with van der Waals surface area (Å²) in [5, 5.41) is 0. The Morgan fingerprint density at radius 3 is 3.00 bits per heavy atom. The Morgan fingerprint density at radius 2 is 2.27 bits per heavy atom. The van der Waals surface area contributed by atoms with Crippen molar-refractivity contribution < 1.29 is 4.79 Å². The van der Waals surface area contributed by atoms with Gasteiger partial charge < -0.3 is 0 Å². The number of carbonyl (C=O) groups is 1. The van der Waals surface area contributed by atoms with Gasteiger partial charge in [0.25, 0.3) is 0 Å². The SMILES string of the molecule is O=C1CCCc2cc(Br)sc21. The Kier molecular flexibility index (Phi) is 1.85. The summed E-state index contributed by atoms with van der Waals surface area (Å²) in [6.07, 6.45) is 2.83. The van der Waals surface area contributed by atoms with Crippen LogP contribution in [-0.2, 0) is 6.42 Å². The summed E-state index contributed by atoms with van der Waals surface area (Å²) < 4.78 is 1.08. The number of Topliss-reactive ketones (excluding diaryl/α,β-unsaturated/α-hetero) is 1. The number of hydrogen-bond acceptors (Lipinski definition) is 2. The van der Waals surface area contributed by atoms with E-state index in [1.807, 2.05) is 0 Å². The molecule has 0 aromatic carbocycles. The van der Waals surface area contributed by atoms with Gasteiger partial charge in [-0.25, -0.2) is 0 Å². The lowest BCUT2D eigenvalue weighted by Gasteiger charge is -2.07. The number of rotatable bonds is 0. The van der Waals surface area contributed by atoms with Crippen molar-refractivity contribution in [3.05, 3.63) is 20.3 Å². The fraction of sp³-hybridized carbons (Fsp3) is 0.375. The largest absolute Gasteiger partial charge is 0.293 e. The molecule has 0 aliphatic heterocycles. The maximum Gasteiger partial charge on any atom is 0.173 e. The molecule has 0 radical (unpaired) electrons. The molecule has 0 spiro atoms. The Bertz CT molecular complexity index is 303. The van der Waals surface area contributed by atoms with Crippen LogP contribution in [0.5, 0.6) is 0 Å². The van der Waals surface area contributed by atoms with Crippen LogP contribution in [-0.4, -0.2) is 5.78 Å². The molecular weight excluding hydrogens is 224 g/mol. The zero-order valence-electron chi connectivity index (χ0n) is 5.89. The number of aryl methyl sites for hydroxylation is 1. The van der Waals surface area contributed by atoms with Crippen molar-refractivity contribution in [2.45, 2.75) is 19.3 Å². The summed E-state index contributed by atoms with van der Waals surface area (Å²) in [7, 11) is 0. The maximum atomic E-state index is 11.3. The first-order valence-electron chi connectivity index (χ1n) is 3.59. The minimum absolute atomic E-state index is 0.321. The molecule has 11 heavy (non-hydrogen) atoms. The first-order chi connectivity index (χ1) is 5.27. The minimum Gasteiger partial charge on any atom is -0.293 e. The number of carbonyl (C=O) groups excluding carboxylic acids is 1. The fourth-order valence-corrected chi connectivity index (χ4v) is 3.04. The lowest BCUT2D eigenvalue weighted by Crippen LogP contribution is -2.06. The van der Waals surface area contributed by atoms with Crippen LogP contribution in [0, 0.1) is 0 Å². The van der Waals surface area contributed by atoms with E-state index in [0.29, 0.717) is 5.78 Å². The Labute approximate surface area is 77.6 Å². The quantitative estimate of drug-likeness (QED) is 0.670. The van der Waals surface area contributed by atoms with Crippen LogP contribution in [0.4, 0.5) is 0 Å². The van der Waals surface area contributed by atoms with Gasteiger partial charge in [-0.2, -0.15) is 0 Å². The number of hydrogen-bond donors (Lipinski definition) is 0. The molecule has 3 heteroatoms. The summed E-state index contributed by atoms with van der Waals surface area (Å²) in [6.45, 7) is 0. The molecule has 0 bridgehead atoms. The number of ketones is 1. The van der Waals surface area contributed by atoms with E-state index in [4.69, 9.17) is 0 Å². The summed E-state index contributed by atoms with van der Waals surface area (Å²) in [6, 6.07) is 2.07. The average molecular weight is 231 g/mol. The van der Waals surface area contributed by atoms with E-state index in [0.717, 1.165) is 27.9 Å². The second-order valence-electron chi connectivity index (χ2n) is 2.68. The molecular formula is C8H7BrOS. The van der Waals surface area contributed by atoms with E-state index < -0.39 is 0 Å². The lowest BCUT2D eigenvalue weighted by atomic mass is 9.99. The third kappa shape index (κ3) is 1.27. The fourth-order valence-electron chi connectivity index (χ4n) is 1.37. The molecule has 1 aromatic heterocycles. The van der Waals surface area contributed by atoms with E-state index in [-0.39, 0.29) is 0 Å². The van der Waals surface area contributed by atoms with Crippen LogP contribution in [0.15, 0.2) is 9.85 Å². The second kappa shape index (κ2) is 2.72. The molecule has 0 N–H and O–H groups in total. The smallest absolute Gasteiger partial charge is 0.173 e. The van der Waals surface area contributed by atoms with Gasteiger partial charge in [-0.1, -0.05) is 0 Å². The van der Waals surface area contributed by atoms with E-state index in [1.54, 1.807) is 11.3 Å². The van der Waals surface area contributed by atoms with Crippen molar-refractivity contribution in [2.75, 3.05) is 0 Å². The topological polar surface area (TPSA) is 17.1 Å². The summed E-state index contributed by atoms with van der Waals surface area (Å²) in [4.78, 5) is 12.3. The monoisotopic (exact) mass is 230 g/mol. The van der Waals surface area contributed by atoms with Crippen LogP contribution >= 0.6 is 27.3 Å². The van der Waals surface area contributed by atoms with Crippen molar-refractivity contribution in [1.82, 2.24) is 0 Å². The van der Waals surface area contributed by atoms with Gasteiger partial charge in [0.1, 0.15) is 0 Å². The summed E-state index contributed by atoms with van der Waals surface area (Å²) in [5.41, 5.74) is 1.23. The van der Waals surface area contributed by atoms with Gasteiger partial charge in [-0.3, -0.25) is 4.79 Å². The first kappa shape index (κ1) is 7.50. The second-order valence-corrected chi connectivity index (χ2v) is 5.11. The molecule has 58 valence electrons. The molecule has 1 heterocycles. The van der Waals surface area contributed by atoms with Crippen LogP contribution in [0.2, 0.25) is 0 Å². The molecule has 1 aromatic rings. The summed E-state index contributed by atoms with van der Waals surface area (Å²) in [5.74, 6) is 0.321. The van der Waals surface area contributed by atoms with Gasteiger partial charge in [0.15, 0.2) is 5.78 Å². The van der Waals surface area contributed by atoms with Gasteiger partial charge >= 0.3 is 0 Å². The highest BCUT2D eigenvalue weighted by Crippen LogP contribution is 2.32. The van der Waals surface area contributed by atoms with Crippen molar-refractivity contribution >= 4 is 33.0 Å². The molecule has 1 nitrogen and oxygen atoms in total. The van der Waals surface area contributed by atoms with Gasteiger partial charge in [0, 0.05) is 6.42 Å². The molecule has 1 aliphatic carbocycles. The first-order valence-corrected chi connectivity index (χ1v) is 5.20. The third-order valence-electron chi connectivity index (χ3n) is 1.88. The molecule has 0 atom stereocenters. The van der Waals surface area contributed by atoms with Crippen molar-refractivity contribution in [2.24, 2.45) is 0 Å². The van der Waals surface area contributed by atoms with E-state index in [2.05, 4.69) is 22.0 Å². The predicted molar refractivity (Wildman–Crippen MR) is 49.3 cm³/mol. The van der Waals surface area contributed by atoms with Crippen LogP contribution in [0.3, 0.4) is 0 Å². The minimum atomic E-state index is 0.321. The van der Waals surface area contributed by atoms with Crippen molar-refractivity contribution in [3.63, 3.8) is 0 Å². The molecule has 1 aliphatic rings. The van der Waals surface area contributed by atoms with Crippen LogP contribution < -0.4 is 0 Å². The van der Waals surface area contributed by atoms with Crippen LogP contribution in [0.25, 0.3) is 0 Å². The lowest BCUT2D eigenvalue weighted by molar-refractivity contribution is 0.0977. The molecule has 0 fully saturated rings. The number of thiophene rings is 1. The standard InChI is InChI=1S/C8H7BrOS/c9-7-4-5-2-1-3-6(10)8(5)11-7/h4H,1-3H2. The molecule has 0 unspecified atom stereocenters. The molecule has 0 saturated heterocycles. The van der Waals surface area contributed by atoms with Crippen molar-refractivity contribution in [3.8, 4) is 0 Å². The molecule has 2 rings (SSSR count). The van der Waals surface area contributed by atoms with E-state index in [1.165, 1.54) is 5.56 Å². The average Bonchev–Trinajstić information content (AvgIpc) is 2.31. The zero-order chi connectivity index (χ0) is 7.84. The van der Waals surface area contributed by atoms with Gasteiger partial charge in [-0.05, 0) is 40.4 Å². The van der Waals surface area contributed by atoms with Crippen LogP contribution in [0.1, 0.15) is 28.1 Å². The molecule has 0 saturated carbocycles. The summed E-state index contributed by atoms with van der Waals surface area (Å²) >= 11 is 4.95. The highest BCUT2D eigenvalue weighted by Gasteiger charge is 2.19. The zero-order valence-corrected chi connectivity index (χ0v) is 8.30. The van der Waals surface area contributed by atoms with Gasteiger partial charge in [-0.15, -0.1) is 11.3 Å². The van der Waals surface area contributed by atoms with Crippen molar-refractivity contribution in [1.29, 1.82) is 0 Å². The van der Waals surface area contributed by atoms with E-state index >= 15 is 0 Å². The Morgan fingerprint density at radius 1 is 1.45 bits per heavy atom. The van der Waals surface area contributed by atoms with Gasteiger partial charge in [0.05, 0.1) is 8.66 Å². The predicted octanol–water partition coefficient (Wildman–Crippen LogP) is 3.03. The normalized spacial score (nSPS) is 16.6.